The van der Waals surface area contributed by atoms with E-state index in [0.717, 1.165) is 19.4 Å². The van der Waals surface area contributed by atoms with Gasteiger partial charge < -0.3 is 15.7 Å². The van der Waals surface area contributed by atoms with Gasteiger partial charge in [-0.3, -0.25) is 4.79 Å². The minimum Gasteiger partial charge on any atom is -0.395 e. The summed E-state index contributed by atoms with van der Waals surface area (Å²) < 4.78 is 0. The molecular weight excluding hydrogens is 204 g/mol. The standard InChI is InChI=1S/C12H26N2O2/c1-4-5-6-14(7-8-15)12(16)11(9-13)10(2)3/h10-11,15H,4-9,13H2,1-3H3. The molecule has 4 heteroatoms. The van der Waals surface area contributed by atoms with Crippen LogP contribution in [0.1, 0.15) is 33.6 Å². The van der Waals surface area contributed by atoms with Crippen LogP contribution in [0.3, 0.4) is 0 Å². The lowest BCUT2D eigenvalue weighted by Gasteiger charge is -2.28. The fourth-order valence-electron chi connectivity index (χ4n) is 1.69. The van der Waals surface area contributed by atoms with Crippen molar-refractivity contribution in [2.24, 2.45) is 17.6 Å². The Hall–Kier alpha value is -0.610. The summed E-state index contributed by atoms with van der Waals surface area (Å²) in [7, 11) is 0. The topological polar surface area (TPSA) is 66.6 Å². The number of carbonyl (C=O) groups is 1. The van der Waals surface area contributed by atoms with Crippen LogP contribution in [0.15, 0.2) is 0 Å². The number of aliphatic hydroxyl groups is 1. The predicted octanol–water partition coefficient (Wildman–Crippen LogP) is 0.838. The van der Waals surface area contributed by atoms with Crippen molar-refractivity contribution in [3.63, 3.8) is 0 Å². The third-order valence-corrected chi connectivity index (χ3v) is 2.84. The van der Waals surface area contributed by atoms with Gasteiger partial charge in [0.05, 0.1) is 12.5 Å². The first-order valence-electron chi connectivity index (χ1n) is 6.18. The molecule has 3 N–H and O–H groups in total. The minimum absolute atomic E-state index is 0.0187. The lowest BCUT2D eigenvalue weighted by Crippen LogP contribution is -2.43. The third kappa shape index (κ3) is 4.94. The van der Waals surface area contributed by atoms with Gasteiger partial charge in [0.1, 0.15) is 0 Å². The molecule has 16 heavy (non-hydrogen) atoms. The highest BCUT2D eigenvalue weighted by Gasteiger charge is 2.25. The summed E-state index contributed by atoms with van der Waals surface area (Å²) in [4.78, 5) is 13.9. The van der Waals surface area contributed by atoms with Crippen molar-refractivity contribution >= 4 is 5.91 Å². The van der Waals surface area contributed by atoms with E-state index < -0.39 is 0 Å². The van der Waals surface area contributed by atoms with Crippen LogP contribution in [0.5, 0.6) is 0 Å². The SMILES string of the molecule is CCCCN(CCO)C(=O)C(CN)C(C)C. The summed E-state index contributed by atoms with van der Waals surface area (Å²) in [5, 5.41) is 8.95. The molecule has 0 fully saturated rings. The van der Waals surface area contributed by atoms with Crippen molar-refractivity contribution in [3.05, 3.63) is 0 Å². The molecule has 0 aliphatic carbocycles. The molecule has 0 aromatic heterocycles. The highest BCUT2D eigenvalue weighted by Crippen LogP contribution is 2.13. The fourth-order valence-corrected chi connectivity index (χ4v) is 1.69. The zero-order chi connectivity index (χ0) is 12.6. The average Bonchev–Trinajstić information content (AvgIpc) is 2.24. The van der Waals surface area contributed by atoms with Crippen molar-refractivity contribution in [1.82, 2.24) is 4.90 Å². The minimum atomic E-state index is -0.122. The largest absolute Gasteiger partial charge is 0.395 e. The van der Waals surface area contributed by atoms with Crippen molar-refractivity contribution in [2.45, 2.75) is 33.6 Å². The second-order valence-electron chi connectivity index (χ2n) is 4.49. The molecule has 0 aliphatic heterocycles. The van der Waals surface area contributed by atoms with Crippen molar-refractivity contribution < 1.29 is 9.90 Å². The van der Waals surface area contributed by atoms with Gasteiger partial charge in [-0.2, -0.15) is 0 Å². The number of rotatable bonds is 8. The van der Waals surface area contributed by atoms with E-state index in [-0.39, 0.29) is 24.3 Å². The molecule has 0 rings (SSSR count). The molecule has 0 aromatic carbocycles. The molecule has 4 nitrogen and oxygen atoms in total. The molecule has 1 unspecified atom stereocenters. The van der Waals surface area contributed by atoms with Crippen LogP contribution in [0, 0.1) is 11.8 Å². The van der Waals surface area contributed by atoms with Crippen molar-refractivity contribution in [2.75, 3.05) is 26.2 Å². The van der Waals surface area contributed by atoms with Gasteiger partial charge >= 0.3 is 0 Å². The normalized spacial score (nSPS) is 12.9. The first-order chi connectivity index (χ1) is 7.58. The molecule has 0 heterocycles. The molecule has 1 amide bonds. The van der Waals surface area contributed by atoms with E-state index in [0.29, 0.717) is 13.1 Å². The van der Waals surface area contributed by atoms with E-state index in [1.54, 1.807) is 4.90 Å². The maximum Gasteiger partial charge on any atom is 0.227 e. The number of carbonyl (C=O) groups excluding carboxylic acids is 1. The average molecular weight is 230 g/mol. The van der Waals surface area contributed by atoms with E-state index >= 15 is 0 Å². The summed E-state index contributed by atoms with van der Waals surface area (Å²) in [5.74, 6) is 0.212. The highest BCUT2D eigenvalue weighted by atomic mass is 16.3. The maximum absolute atomic E-state index is 12.1. The molecule has 0 bridgehead atoms. The van der Waals surface area contributed by atoms with Crippen LogP contribution in [-0.4, -0.2) is 42.2 Å². The Morgan fingerprint density at radius 1 is 1.38 bits per heavy atom. The Labute approximate surface area is 98.8 Å². The van der Waals surface area contributed by atoms with Crippen LogP contribution in [-0.2, 0) is 4.79 Å². The number of unbranched alkanes of at least 4 members (excludes halogenated alkanes) is 1. The molecular formula is C12H26N2O2. The molecule has 0 saturated carbocycles. The van der Waals surface area contributed by atoms with Gasteiger partial charge in [-0.15, -0.1) is 0 Å². The molecule has 96 valence electrons. The van der Waals surface area contributed by atoms with Gasteiger partial charge in [0.25, 0.3) is 0 Å². The fraction of sp³-hybridized carbons (Fsp3) is 0.917. The van der Waals surface area contributed by atoms with Gasteiger partial charge in [-0.1, -0.05) is 27.2 Å². The van der Waals surface area contributed by atoms with Crippen LogP contribution in [0.25, 0.3) is 0 Å². The smallest absolute Gasteiger partial charge is 0.227 e. The summed E-state index contributed by atoms with van der Waals surface area (Å²) in [5.41, 5.74) is 5.63. The zero-order valence-electron chi connectivity index (χ0n) is 10.8. The van der Waals surface area contributed by atoms with Gasteiger partial charge in [-0.05, 0) is 12.3 Å². The summed E-state index contributed by atoms with van der Waals surface area (Å²) in [6.07, 6.45) is 2.02. The van der Waals surface area contributed by atoms with Gasteiger partial charge in [-0.25, -0.2) is 0 Å². The van der Waals surface area contributed by atoms with E-state index in [4.69, 9.17) is 10.8 Å². The highest BCUT2D eigenvalue weighted by molar-refractivity contribution is 5.79. The molecule has 0 saturated heterocycles. The molecule has 1 atom stereocenters. The Bertz CT molecular complexity index is 195. The van der Waals surface area contributed by atoms with Crippen LogP contribution < -0.4 is 5.73 Å². The Morgan fingerprint density at radius 2 is 2.00 bits per heavy atom. The number of hydrogen-bond acceptors (Lipinski definition) is 3. The van der Waals surface area contributed by atoms with Crippen LogP contribution in [0.2, 0.25) is 0 Å². The molecule has 0 spiro atoms. The quantitative estimate of drug-likeness (QED) is 0.649. The summed E-state index contributed by atoms with van der Waals surface area (Å²) in [6, 6.07) is 0. The number of nitrogens with zero attached hydrogens (tertiary/aromatic N) is 1. The second-order valence-corrected chi connectivity index (χ2v) is 4.49. The zero-order valence-corrected chi connectivity index (χ0v) is 10.8. The van der Waals surface area contributed by atoms with E-state index in [1.165, 1.54) is 0 Å². The lowest BCUT2D eigenvalue weighted by atomic mass is 9.94. The Balaban J connectivity index is 4.44. The first-order valence-corrected chi connectivity index (χ1v) is 6.18. The number of hydrogen-bond donors (Lipinski definition) is 2. The predicted molar refractivity (Wildman–Crippen MR) is 66.0 cm³/mol. The molecule has 0 radical (unpaired) electrons. The van der Waals surface area contributed by atoms with Crippen LogP contribution >= 0.6 is 0 Å². The molecule has 0 aromatic rings. The van der Waals surface area contributed by atoms with Gasteiger partial charge in [0.15, 0.2) is 0 Å². The van der Waals surface area contributed by atoms with Crippen LogP contribution in [0.4, 0.5) is 0 Å². The number of nitrogens with two attached hydrogens (primary N) is 1. The third-order valence-electron chi connectivity index (χ3n) is 2.84. The van der Waals surface area contributed by atoms with E-state index in [2.05, 4.69) is 6.92 Å². The second kappa shape index (κ2) is 8.53. The Morgan fingerprint density at radius 3 is 2.38 bits per heavy atom. The van der Waals surface area contributed by atoms with E-state index in [1.807, 2.05) is 13.8 Å². The number of amides is 1. The number of aliphatic hydroxyl groups excluding tert-OH is 1. The first kappa shape index (κ1) is 15.4. The molecule has 0 aliphatic rings. The lowest BCUT2D eigenvalue weighted by molar-refractivity contribution is -0.137. The van der Waals surface area contributed by atoms with E-state index in [9.17, 15) is 4.79 Å². The summed E-state index contributed by atoms with van der Waals surface area (Å²) in [6.45, 7) is 7.64. The van der Waals surface area contributed by atoms with Crippen molar-refractivity contribution in [3.8, 4) is 0 Å². The maximum atomic E-state index is 12.1. The Kier molecular flexibility index (Phi) is 8.21. The van der Waals surface area contributed by atoms with Gasteiger partial charge in [0.2, 0.25) is 5.91 Å². The van der Waals surface area contributed by atoms with Gasteiger partial charge in [0, 0.05) is 19.6 Å². The van der Waals surface area contributed by atoms with Crippen molar-refractivity contribution in [1.29, 1.82) is 0 Å². The summed E-state index contributed by atoms with van der Waals surface area (Å²) >= 11 is 0. The monoisotopic (exact) mass is 230 g/mol.